The first-order chi connectivity index (χ1) is 13.1. The summed E-state index contributed by atoms with van der Waals surface area (Å²) >= 11 is 6.39. The molecule has 1 aromatic carbocycles. The molecule has 0 saturated heterocycles. The van der Waals surface area contributed by atoms with E-state index in [1.54, 1.807) is 28.4 Å². The number of fused-ring (bicyclic) bond motifs is 2. The van der Waals surface area contributed by atoms with E-state index in [1.165, 1.54) is 0 Å². The summed E-state index contributed by atoms with van der Waals surface area (Å²) in [7, 11) is 0. The lowest BCUT2D eigenvalue weighted by Gasteiger charge is -2.29. The van der Waals surface area contributed by atoms with E-state index in [4.69, 9.17) is 17.3 Å². The predicted octanol–water partition coefficient (Wildman–Crippen LogP) is 4.25. The van der Waals surface area contributed by atoms with Gasteiger partial charge in [0, 0.05) is 6.42 Å². The fraction of sp³-hybridized carbons (Fsp3) is 0.350. The van der Waals surface area contributed by atoms with Gasteiger partial charge in [0.15, 0.2) is 17.4 Å². The van der Waals surface area contributed by atoms with E-state index in [0.29, 0.717) is 41.8 Å². The van der Waals surface area contributed by atoms with E-state index in [9.17, 15) is 4.79 Å². The van der Waals surface area contributed by atoms with Crippen molar-refractivity contribution in [3.8, 4) is 5.69 Å². The molecule has 0 spiro atoms. The number of hydrogen-bond donors (Lipinski definition) is 1. The first kappa shape index (κ1) is 18.7. The van der Waals surface area contributed by atoms with E-state index < -0.39 is 5.82 Å². The maximum Gasteiger partial charge on any atom is 0.167 e. The van der Waals surface area contributed by atoms with Gasteiger partial charge in [-0.2, -0.15) is 10.2 Å². The summed E-state index contributed by atoms with van der Waals surface area (Å²) in [5.41, 5.74) is 8.53. The van der Waals surface area contributed by atoms with Crippen LogP contribution in [0.25, 0.3) is 16.6 Å². The van der Waals surface area contributed by atoms with Gasteiger partial charge in [-0.05, 0) is 24.8 Å². The first-order valence-electron chi connectivity index (χ1n) is 9.01. The van der Waals surface area contributed by atoms with Gasteiger partial charge in [-0.25, -0.2) is 9.07 Å². The van der Waals surface area contributed by atoms with Crippen molar-refractivity contribution in [2.45, 2.75) is 40.2 Å². The molecule has 3 aromatic rings. The zero-order valence-electron chi connectivity index (χ0n) is 16.0. The topological polar surface area (TPSA) is 78.7 Å². The fourth-order valence-corrected chi connectivity index (χ4v) is 4.26. The molecule has 1 aliphatic rings. The van der Waals surface area contributed by atoms with Crippen LogP contribution >= 0.6 is 11.6 Å². The molecule has 0 amide bonds. The molecule has 2 aromatic heterocycles. The molecule has 1 aliphatic carbocycles. The van der Waals surface area contributed by atoms with Gasteiger partial charge in [0.1, 0.15) is 5.02 Å². The Morgan fingerprint density at radius 1 is 1.39 bits per heavy atom. The molecular formula is C20H21ClFN5O. The second kappa shape index (κ2) is 6.17. The molecule has 4 rings (SSSR count). The van der Waals surface area contributed by atoms with Crippen molar-refractivity contribution in [3.63, 3.8) is 0 Å². The highest BCUT2D eigenvalue weighted by atomic mass is 35.5. The highest BCUT2D eigenvalue weighted by Gasteiger charge is 2.36. The van der Waals surface area contributed by atoms with Crippen LogP contribution in [-0.4, -0.2) is 25.3 Å². The van der Waals surface area contributed by atoms with Crippen LogP contribution in [0, 0.1) is 18.2 Å². The Kier molecular flexibility index (Phi) is 4.12. The first-order valence-corrected chi connectivity index (χ1v) is 9.39. The normalized spacial score (nSPS) is 15.8. The molecule has 0 atom stereocenters. The molecule has 0 radical (unpaired) electrons. The number of Topliss-reactive ketones (excluding diaryl/α,β-unsaturated/α-hetero) is 1. The van der Waals surface area contributed by atoms with Gasteiger partial charge in [0.05, 0.1) is 40.1 Å². The Morgan fingerprint density at radius 2 is 2.11 bits per heavy atom. The smallest absolute Gasteiger partial charge is 0.167 e. The number of benzene rings is 1. The molecule has 0 bridgehead atoms. The predicted molar refractivity (Wildman–Crippen MR) is 108 cm³/mol. The van der Waals surface area contributed by atoms with E-state index in [1.807, 2.05) is 13.8 Å². The van der Waals surface area contributed by atoms with Gasteiger partial charge in [-0.15, -0.1) is 6.58 Å². The number of rotatable bonds is 3. The fourth-order valence-electron chi connectivity index (χ4n) is 4.04. The Morgan fingerprint density at radius 3 is 2.79 bits per heavy atom. The number of hydrogen-bond acceptors (Lipinski definition) is 4. The van der Waals surface area contributed by atoms with E-state index in [2.05, 4.69) is 16.8 Å². The zero-order chi connectivity index (χ0) is 20.4. The third-order valence-corrected chi connectivity index (χ3v) is 5.54. The SMILES string of the molecule is C=CCn1nc(N)c2c(F)c(Cl)c(-n3nc(C)c4c3CC(C)(C)CC4=O)cc21. The number of carbonyl (C=O) groups excluding carboxylic acids is 1. The van der Waals surface area contributed by atoms with Crippen LogP contribution in [0.3, 0.4) is 0 Å². The Hall–Kier alpha value is -2.67. The maximum absolute atomic E-state index is 15.1. The lowest BCUT2D eigenvalue weighted by molar-refractivity contribution is 0.0910. The minimum Gasteiger partial charge on any atom is -0.382 e. The Labute approximate surface area is 166 Å². The van der Waals surface area contributed by atoms with Gasteiger partial charge in [0.2, 0.25) is 0 Å². The van der Waals surface area contributed by atoms with Crippen LogP contribution in [-0.2, 0) is 13.0 Å². The molecular weight excluding hydrogens is 381 g/mol. The van der Waals surface area contributed by atoms with Crippen molar-refractivity contribution in [1.82, 2.24) is 19.6 Å². The van der Waals surface area contributed by atoms with Crippen molar-refractivity contribution >= 4 is 34.1 Å². The highest BCUT2D eigenvalue weighted by Crippen LogP contribution is 2.40. The standard InChI is InChI=1S/C20H21ClFN5O/c1-5-6-26-11-7-12(17(21)18(22)16(11)19(23)25-26)27-13-8-20(3,4)9-14(28)15(13)10(2)24-27/h5,7H,1,6,8-9H2,2-4H3,(H2,23,25). The summed E-state index contributed by atoms with van der Waals surface area (Å²) in [6, 6.07) is 1.71. The van der Waals surface area contributed by atoms with Crippen molar-refractivity contribution in [3.05, 3.63) is 46.5 Å². The summed E-state index contributed by atoms with van der Waals surface area (Å²) < 4.78 is 18.3. The van der Waals surface area contributed by atoms with Gasteiger partial charge in [-0.3, -0.25) is 9.48 Å². The number of nitrogen functional groups attached to an aromatic ring is 1. The molecule has 0 aliphatic heterocycles. The van der Waals surface area contributed by atoms with Crippen molar-refractivity contribution < 1.29 is 9.18 Å². The van der Waals surface area contributed by atoms with Crippen molar-refractivity contribution in [2.24, 2.45) is 5.41 Å². The third kappa shape index (κ3) is 2.64. The minimum atomic E-state index is -0.648. The van der Waals surface area contributed by atoms with E-state index in [-0.39, 0.29) is 27.4 Å². The average Bonchev–Trinajstić information content (AvgIpc) is 3.07. The summed E-state index contributed by atoms with van der Waals surface area (Å²) in [6.07, 6.45) is 2.74. The van der Waals surface area contributed by atoms with Crippen LogP contribution in [0.1, 0.15) is 42.0 Å². The number of carbonyl (C=O) groups is 1. The highest BCUT2D eigenvalue weighted by molar-refractivity contribution is 6.33. The average molecular weight is 402 g/mol. The minimum absolute atomic E-state index is 0.0496. The molecule has 0 saturated carbocycles. The van der Waals surface area contributed by atoms with Crippen LogP contribution < -0.4 is 5.73 Å². The summed E-state index contributed by atoms with van der Waals surface area (Å²) in [6.45, 7) is 9.93. The number of nitrogens with two attached hydrogens (primary N) is 1. The molecule has 2 N–H and O–H groups in total. The number of nitrogens with zero attached hydrogens (tertiary/aromatic N) is 4. The maximum atomic E-state index is 15.1. The van der Waals surface area contributed by atoms with Crippen LogP contribution in [0.4, 0.5) is 10.2 Å². The van der Waals surface area contributed by atoms with Crippen molar-refractivity contribution in [2.75, 3.05) is 5.73 Å². The summed E-state index contributed by atoms with van der Waals surface area (Å²) in [5, 5.41) is 8.79. The van der Waals surface area contributed by atoms with E-state index >= 15 is 4.39 Å². The van der Waals surface area contributed by atoms with Gasteiger partial charge in [0.25, 0.3) is 0 Å². The second-order valence-electron chi connectivity index (χ2n) is 8.03. The zero-order valence-corrected chi connectivity index (χ0v) is 16.8. The second-order valence-corrected chi connectivity index (χ2v) is 8.41. The van der Waals surface area contributed by atoms with Gasteiger partial charge >= 0.3 is 0 Å². The van der Waals surface area contributed by atoms with Crippen molar-refractivity contribution in [1.29, 1.82) is 0 Å². The third-order valence-electron chi connectivity index (χ3n) is 5.18. The molecule has 0 unspecified atom stereocenters. The molecule has 28 heavy (non-hydrogen) atoms. The lowest BCUT2D eigenvalue weighted by atomic mass is 9.75. The molecule has 0 fully saturated rings. The molecule has 146 valence electrons. The number of halogens is 2. The molecule has 8 heteroatoms. The molecule has 6 nitrogen and oxygen atoms in total. The quantitative estimate of drug-likeness (QED) is 0.665. The monoisotopic (exact) mass is 401 g/mol. The number of aryl methyl sites for hydroxylation is 1. The number of aromatic nitrogens is 4. The number of ketones is 1. The van der Waals surface area contributed by atoms with E-state index in [0.717, 1.165) is 5.69 Å². The number of allylic oxidation sites excluding steroid dienone is 1. The lowest BCUT2D eigenvalue weighted by Crippen LogP contribution is -2.28. The molecule has 2 heterocycles. The summed E-state index contributed by atoms with van der Waals surface area (Å²) in [5.74, 6) is -0.531. The van der Waals surface area contributed by atoms with Gasteiger partial charge < -0.3 is 5.73 Å². The largest absolute Gasteiger partial charge is 0.382 e. The van der Waals surface area contributed by atoms with Crippen LogP contribution in [0.2, 0.25) is 5.02 Å². The Bertz CT molecular complexity index is 1160. The number of anilines is 1. The Balaban J connectivity index is 2.02. The van der Waals surface area contributed by atoms with Crippen LogP contribution in [0.15, 0.2) is 18.7 Å². The van der Waals surface area contributed by atoms with Crippen LogP contribution in [0.5, 0.6) is 0 Å². The summed E-state index contributed by atoms with van der Waals surface area (Å²) in [4.78, 5) is 12.7. The van der Waals surface area contributed by atoms with Gasteiger partial charge in [-0.1, -0.05) is 31.5 Å².